The molecule has 0 aromatic heterocycles. The highest BCUT2D eigenvalue weighted by Gasteiger charge is 2.04. The molecule has 0 spiro atoms. The van der Waals surface area contributed by atoms with Gasteiger partial charge in [-0.2, -0.15) is 0 Å². The second-order valence-electron chi connectivity index (χ2n) is 7.19. The van der Waals surface area contributed by atoms with E-state index in [-0.39, 0.29) is 12.3 Å². The van der Waals surface area contributed by atoms with E-state index in [4.69, 9.17) is 37.9 Å². The lowest BCUT2D eigenvalue weighted by atomic mass is 10.3. The Kier molecular flexibility index (Phi) is 18.9. The van der Waals surface area contributed by atoms with Gasteiger partial charge >= 0.3 is 5.97 Å². The van der Waals surface area contributed by atoms with E-state index in [1.165, 1.54) is 12.1 Å². The first-order valence-electron chi connectivity index (χ1n) is 11.7. The molecular formula is C24H37NO11. The third-order valence-electron chi connectivity index (χ3n) is 4.21. The molecule has 0 saturated heterocycles. The van der Waals surface area contributed by atoms with Crippen LogP contribution in [0.15, 0.2) is 36.4 Å². The Labute approximate surface area is 211 Å². The Bertz CT molecular complexity index is 727. The lowest BCUT2D eigenvalue weighted by Gasteiger charge is -2.09. The van der Waals surface area contributed by atoms with Crippen molar-refractivity contribution in [3.05, 3.63) is 46.5 Å². The molecule has 0 heterocycles. The van der Waals surface area contributed by atoms with E-state index in [0.717, 1.165) is 0 Å². The van der Waals surface area contributed by atoms with Crippen molar-refractivity contribution in [2.45, 2.75) is 6.92 Å². The van der Waals surface area contributed by atoms with E-state index in [1.807, 2.05) is 0 Å². The van der Waals surface area contributed by atoms with Crippen molar-refractivity contribution in [2.24, 2.45) is 0 Å². The smallest absolute Gasteiger partial charge is 0.333 e. The monoisotopic (exact) mass is 515 g/mol. The van der Waals surface area contributed by atoms with Gasteiger partial charge in [0.15, 0.2) is 0 Å². The summed E-state index contributed by atoms with van der Waals surface area (Å²) in [5, 5.41) is 10.6. The van der Waals surface area contributed by atoms with Crippen LogP contribution in [0.5, 0.6) is 5.75 Å². The largest absolute Gasteiger partial charge is 0.491 e. The quantitative estimate of drug-likeness (QED) is 0.0659. The maximum atomic E-state index is 11.1. The molecule has 0 aliphatic rings. The number of nitro benzene ring substituents is 1. The molecular weight excluding hydrogens is 478 g/mol. The first kappa shape index (κ1) is 31.4. The average Bonchev–Trinajstić information content (AvgIpc) is 2.87. The SMILES string of the molecule is C=C(C)C(=O)OCCOCCOCCOCCOCCOCCOCCOc1ccc([N+](=O)[O-])cc1. The minimum absolute atomic E-state index is 0.0226. The number of ether oxygens (including phenoxy) is 8. The second kappa shape index (κ2) is 21.7. The maximum Gasteiger partial charge on any atom is 0.333 e. The first-order chi connectivity index (χ1) is 17.5. The lowest BCUT2D eigenvalue weighted by Crippen LogP contribution is -2.15. The van der Waals surface area contributed by atoms with Gasteiger partial charge in [0.05, 0.1) is 84.2 Å². The predicted octanol–water partition coefficient (Wildman–Crippen LogP) is 2.19. The summed E-state index contributed by atoms with van der Waals surface area (Å²) in [6, 6.07) is 5.88. The molecule has 0 N–H and O–H groups in total. The summed E-state index contributed by atoms with van der Waals surface area (Å²) < 4.78 is 42.6. The topological polar surface area (TPSA) is 134 Å². The van der Waals surface area contributed by atoms with E-state index in [0.29, 0.717) is 97.2 Å². The number of esters is 1. The fraction of sp³-hybridized carbons (Fsp3) is 0.625. The van der Waals surface area contributed by atoms with Gasteiger partial charge in [-0.15, -0.1) is 0 Å². The van der Waals surface area contributed by atoms with E-state index in [2.05, 4.69) is 6.58 Å². The van der Waals surface area contributed by atoms with Crippen molar-refractivity contribution in [3.63, 3.8) is 0 Å². The summed E-state index contributed by atoms with van der Waals surface area (Å²) in [5.74, 6) is 0.132. The number of hydrogen-bond donors (Lipinski definition) is 0. The van der Waals surface area contributed by atoms with Gasteiger partial charge in [0.1, 0.15) is 19.0 Å². The van der Waals surface area contributed by atoms with Gasteiger partial charge in [-0.05, 0) is 19.1 Å². The molecule has 0 unspecified atom stereocenters. The third kappa shape index (κ3) is 17.8. The fourth-order valence-corrected chi connectivity index (χ4v) is 2.40. The van der Waals surface area contributed by atoms with Crippen LogP contribution < -0.4 is 4.74 Å². The van der Waals surface area contributed by atoms with Gasteiger partial charge < -0.3 is 37.9 Å². The van der Waals surface area contributed by atoms with Crippen molar-refractivity contribution in [3.8, 4) is 5.75 Å². The third-order valence-corrected chi connectivity index (χ3v) is 4.21. The lowest BCUT2D eigenvalue weighted by molar-refractivity contribution is -0.384. The zero-order valence-corrected chi connectivity index (χ0v) is 20.9. The number of rotatable bonds is 24. The molecule has 1 rings (SSSR count). The second-order valence-corrected chi connectivity index (χ2v) is 7.19. The molecule has 0 atom stereocenters. The Morgan fingerprint density at radius 1 is 0.694 bits per heavy atom. The van der Waals surface area contributed by atoms with Crippen molar-refractivity contribution in [1.82, 2.24) is 0 Å². The highest BCUT2D eigenvalue weighted by molar-refractivity contribution is 5.86. The number of hydrogen-bond acceptors (Lipinski definition) is 11. The number of nitro groups is 1. The molecule has 1 aromatic rings. The van der Waals surface area contributed by atoms with Crippen LogP contribution in [0.4, 0.5) is 5.69 Å². The molecule has 36 heavy (non-hydrogen) atoms. The van der Waals surface area contributed by atoms with Crippen molar-refractivity contribution in [1.29, 1.82) is 0 Å². The van der Waals surface area contributed by atoms with Gasteiger partial charge in [-0.3, -0.25) is 10.1 Å². The summed E-state index contributed by atoms with van der Waals surface area (Å²) in [7, 11) is 0. The number of non-ortho nitro benzene ring substituents is 1. The van der Waals surface area contributed by atoms with Crippen LogP contribution in [0.1, 0.15) is 6.92 Å². The standard InChI is InChI=1S/C24H37NO11/c1-21(2)24(26)36-20-18-34-16-14-32-12-10-30-8-7-29-9-11-31-13-15-33-17-19-35-23-5-3-22(4-6-23)25(27)28/h3-6H,1,7-20H2,2H3. The summed E-state index contributed by atoms with van der Waals surface area (Å²) in [6.07, 6.45) is 0. The molecule has 0 aliphatic heterocycles. The van der Waals surface area contributed by atoms with Crippen LogP contribution in [0.2, 0.25) is 0 Å². The molecule has 204 valence electrons. The Morgan fingerprint density at radius 3 is 1.42 bits per heavy atom. The van der Waals surface area contributed by atoms with Crippen LogP contribution in [0, 0.1) is 10.1 Å². The number of benzene rings is 1. The Hall–Kier alpha value is -2.61. The van der Waals surface area contributed by atoms with E-state index in [9.17, 15) is 14.9 Å². The Morgan fingerprint density at radius 2 is 1.06 bits per heavy atom. The number of carbonyl (C=O) groups excluding carboxylic acids is 1. The fourth-order valence-electron chi connectivity index (χ4n) is 2.40. The van der Waals surface area contributed by atoms with Crippen LogP contribution in [0.25, 0.3) is 0 Å². The molecule has 12 heteroatoms. The minimum Gasteiger partial charge on any atom is -0.491 e. The predicted molar refractivity (Wildman–Crippen MR) is 129 cm³/mol. The van der Waals surface area contributed by atoms with Gasteiger partial charge in [-0.1, -0.05) is 6.58 Å². The van der Waals surface area contributed by atoms with E-state index in [1.54, 1.807) is 19.1 Å². The van der Waals surface area contributed by atoms with Crippen LogP contribution in [-0.4, -0.2) is 103 Å². The highest BCUT2D eigenvalue weighted by Crippen LogP contribution is 2.17. The summed E-state index contributed by atoms with van der Waals surface area (Å²) in [5.41, 5.74) is 0.385. The molecule has 0 fully saturated rings. The molecule has 0 radical (unpaired) electrons. The first-order valence-corrected chi connectivity index (χ1v) is 11.7. The Balaban J connectivity index is 1.73. The summed E-state index contributed by atoms with van der Waals surface area (Å²) in [4.78, 5) is 21.3. The average molecular weight is 516 g/mol. The summed E-state index contributed by atoms with van der Waals surface area (Å²) in [6.45, 7) is 10.8. The normalized spacial score (nSPS) is 10.8. The van der Waals surface area contributed by atoms with E-state index >= 15 is 0 Å². The van der Waals surface area contributed by atoms with Crippen molar-refractivity contribution >= 4 is 11.7 Å². The van der Waals surface area contributed by atoms with Gasteiger partial charge in [0.25, 0.3) is 5.69 Å². The van der Waals surface area contributed by atoms with Crippen molar-refractivity contribution in [2.75, 3.05) is 92.5 Å². The molecule has 0 saturated carbocycles. The van der Waals surface area contributed by atoms with Crippen molar-refractivity contribution < 1.29 is 47.6 Å². The van der Waals surface area contributed by atoms with Crippen LogP contribution >= 0.6 is 0 Å². The van der Waals surface area contributed by atoms with Gasteiger partial charge in [-0.25, -0.2) is 4.79 Å². The number of nitrogens with zero attached hydrogens (tertiary/aromatic N) is 1. The number of carbonyl (C=O) groups is 1. The molecule has 0 amide bonds. The minimum atomic E-state index is -0.457. The van der Waals surface area contributed by atoms with Gasteiger partial charge in [0.2, 0.25) is 0 Å². The highest BCUT2D eigenvalue weighted by atomic mass is 16.6. The van der Waals surface area contributed by atoms with Crippen LogP contribution in [0.3, 0.4) is 0 Å². The molecule has 0 aliphatic carbocycles. The van der Waals surface area contributed by atoms with E-state index < -0.39 is 10.9 Å². The van der Waals surface area contributed by atoms with Gasteiger partial charge in [0, 0.05) is 17.7 Å². The van der Waals surface area contributed by atoms with Crippen LogP contribution in [-0.2, 0) is 38.0 Å². The zero-order valence-electron chi connectivity index (χ0n) is 20.9. The molecule has 1 aromatic carbocycles. The zero-order chi connectivity index (χ0) is 26.3. The maximum absolute atomic E-state index is 11.1. The molecule has 0 bridgehead atoms. The summed E-state index contributed by atoms with van der Waals surface area (Å²) >= 11 is 0. The molecule has 12 nitrogen and oxygen atoms in total.